The van der Waals surface area contributed by atoms with E-state index in [1.54, 1.807) is 42.5 Å². The zero-order chi connectivity index (χ0) is 24.8. The van der Waals surface area contributed by atoms with E-state index in [0.717, 1.165) is 19.6 Å². The number of pyridine rings is 1. The molecule has 1 amide bonds. The van der Waals surface area contributed by atoms with Gasteiger partial charge < -0.3 is 26.2 Å². The summed E-state index contributed by atoms with van der Waals surface area (Å²) >= 11 is 5.96. The Kier molecular flexibility index (Phi) is 8.02. The fraction of sp³-hybridized carbons (Fsp3) is 0.280. The Balaban J connectivity index is 1.47. The first-order chi connectivity index (χ1) is 16.9. The minimum Gasteiger partial charge on any atom is -0.507 e. The van der Waals surface area contributed by atoms with Crippen LogP contribution in [-0.2, 0) is 11.4 Å². The molecule has 1 aromatic heterocycles. The van der Waals surface area contributed by atoms with Gasteiger partial charge in [-0.15, -0.1) is 0 Å². The van der Waals surface area contributed by atoms with Crippen LogP contribution in [0.5, 0.6) is 5.75 Å². The molecule has 2 heterocycles. The zero-order valence-electron chi connectivity index (χ0n) is 19.1. The number of phenolic OH excluding ortho intramolecular Hbond substituents is 1. The fourth-order valence-electron chi connectivity index (χ4n) is 3.83. The number of amides is 1. The van der Waals surface area contributed by atoms with Crippen molar-refractivity contribution >= 4 is 34.7 Å². The highest BCUT2D eigenvalue weighted by Gasteiger charge is 2.16. The summed E-state index contributed by atoms with van der Waals surface area (Å²) in [4.78, 5) is 19.2. The van der Waals surface area contributed by atoms with Gasteiger partial charge in [0.1, 0.15) is 18.2 Å². The summed E-state index contributed by atoms with van der Waals surface area (Å²) in [5.41, 5.74) is 8.75. The van der Waals surface area contributed by atoms with E-state index >= 15 is 0 Å². The van der Waals surface area contributed by atoms with Gasteiger partial charge in [0.15, 0.2) is 0 Å². The number of carbonyl (C=O) groups excluding carboxylic acids is 1. The molecule has 184 valence electrons. The molecule has 10 heteroatoms. The van der Waals surface area contributed by atoms with Crippen LogP contribution in [0.4, 0.5) is 21.6 Å². The van der Waals surface area contributed by atoms with Crippen LogP contribution in [0.1, 0.15) is 15.9 Å². The van der Waals surface area contributed by atoms with Crippen LogP contribution < -0.4 is 16.4 Å². The number of aromatic hydroxyl groups is 1. The second-order valence-corrected chi connectivity index (χ2v) is 8.57. The van der Waals surface area contributed by atoms with Crippen molar-refractivity contribution in [1.82, 2.24) is 15.2 Å². The molecule has 0 spiro atoms. The van der Waals surface area contributed by atoms with Gasteiger partial charge in [-0.3, -0.25) is 9.69 Å². The van der Waals surface area contributed by atoms with Crippen LogP contribution in [0.15, 0.2) is 48.5 Å². The number of nitrogens with zero attached hydrogens (tertiary/aromatic N) is 2. The first kappa shape index (κ1) is 24.7. The fourth-order valence-corrected chi connectivity index (χ4v) is 4.03. The number of alkyl halides is 1. The molecule has 1 saturated heterocycles. The van der Waals surface area contributed by atoms with Gasteiger partial charge in [-0.2, -0.15) is 0 Å². The maximum atomic E-state index is 13.4. The van der Waals surface area contributed by atoms with Crippen molar-refractivity contribution in [3.05, 3.63) is 64.7 Å². The van der Waals surface area contributed by atoms with Crippen molar-refractivity contribution in [2.45, 2.75) is 6.67 Å². The molecule has 0 bridgehead atoms. The number of nitrogen functional groups attached to an aromatic ring is 1. The molecule has 2 aromatic carbocycles. The van der Waals surface area contributed by atoms with Gasteiger partial charge in [0.25, 0.3) is 5.91 Å². The maximum absolute atomic E-state index is 13.4. The number of hydrogen-bond acceptors (Lipinski definition) is 7. The summed E-state index contributed by atoms with van der Waals surface area (Å²) in [6, 6.07) is 13.0. The van der Waals surface area contributed by atoms with Gasteiger partial charge in [-0.1, -0.05) is 11.6 Å². The lowest BCUT2D eigenvalue weighted by molar-refractivity contribution is 0.0383. The first-order valence-corrected chi connectivity index (χ1v) is 11.6. The number of benzene rings is 2. The Morgan fingerprint density at radius 1 is 1.17 bits per heavy atom. The Hall–Kier alpha value is -3.40. The van der Waals surface area contributed by atoms with Crippen molar-refractivity contribution in [3.63, 3.8) is 0 Å². The second kappa shape index (κ2) is 11.4. The molecule has 0 atom stereocenters. The van der Waals surface area contributed by atoms with Gasteiger partial charge in [-0.25, -0.2) is 9.37 Å². The highest BCUT2D eigenvalue weighted by atomic mass is 35.5. The van der Waals surface area contributed by atoms with Crippen LogP contribution in [0, 0.1) is 0 Å². The van der Waals surface area contributed by atoms with Crippen LogP contribution in [0.3, 0.4) is 0 Å². The van der Waals surface area contributed by atoms with E-state index in [2.05, 4.69) is 20.5 Å². The van der Waals surface area contributed by atoms with Crippen LogP contribution >= 0.6 is 11.6 Å². The largest absolute Gasteiger partial charge is 0.507 e. The van der Waals surface area contributed by atoms with E-state index in [1.807, 2.05) is 0 Å². The number of anilines is 3. The lowest BCUT2D eigenvalue weighted by atomic mass is 10.1. The molecule has 1 aliphatic rings. The summed E-state index contributed by atoms with van der Waals surface area (Å²) in [5.74, 6) is -0.260. The van der Waals surface area contributed by atoms with E-state index in [0.29, 0.717) is 53.0 Å². The highest BCUT2D eigenvalue weighted by Crippen LogP contribution is 2.33. The van der Waals surface area contributed by atoms with Gasteiger partial charge in [0, 0.05) is 53.7 Å². The Morgan fingerprint density at radius 2 is 1.97 bits per heavy atom. The van der Waals surface area contributed by atoms with E-state index in [4.69, 9.17) is 22.1 Å². The number of morpholine rings is 1. The van der Waals surface area contributed by atoms with Gasteiger partial charge in [-0.05, 0) is 48.5 Å². The van der Waals surface area contributed by atoms with E-state index < -0.39 is 6.67 Å². The second-order valence-electron chi connectivity index (χ2n) is 8.13. The number of nitrogens with one attached hydrogen (secondary N) is 2. The molecule has 0 unspecified atom stereocenters. The van der Waals surface area contributed by atoms with E-state index in [-0.39, 0.29) is 23.0 Å². The molecule has 35 heavy (non-hydrogen) atoms. The van der Waals surface area contributed by atoms with Crippen LogP contribution in [0.2, 0.25) is 5.02 Å². The Morgan fingerprint density at radius 3 is 2.71 bits per heavy atom. The third kappa shape index (κ3) is 6.19. The zero-order valence-corrected chi connectivity index (χ0v) is 19.8. The molecule has 1 aliphatic heterocycles. The third-order valence-electron chi connectivity index (χ3n) is 5.75. The maximum Gasteiger partial charge on any atom is 0.255 e. The van der Waals surface area contributed by atoms with Crippen molar-refractivity contribution in [2.24, 2.45) is 0 Å². The lowest BCUT2D eigenvalue weighted by Gasteiger charge is -2.26. The van der Waals surface area contributed by atoms with Gasteiger partial charge in [0.2, 0.25) is 0 Å². The summed E-state index contributed by atoms with van der Waals surface area (Å²) < 4.78 is 18.7. The number of hydrogen-bond donors (Lipinski definition) is 4. The summed E-state index contributed by atoms with van der Waals surface area (Å²) in [5, 5.41) is 16.9. The Labute approximate surface area is 207 Å². The minimum absolute atomic E-state index is 0.00742. The number of halogens is 2. The normalized spacial score (nSPS) is 14.0. The van der Waals surface area contributed by atoms with Crippen LogP contribution in [-0.4, -0.2) is 60.3 Å². The number of aromatic nitrogens is 1. The average Bonchev–Trinajstić information content (AvgIpc) is 2.86. The number of phenols is 1. The van der Waals surface area contributed by atoms with Crippen molar-refractivity contribution in [3.8, 4) is 17.0 Å². The summed E-state index contributed by atoms with van der Waals surface area (Å²) in [7, 11) is 0. The molecule has 1 fully saturated rings. The van der Waals surface area contributed by atoms with Crippen molar-refractivity contribution < 1.29 is 19.0 Å². The quantitative estimate of drug-likeness (QED) is 0.347. The molecule has 0 radical (unpaired) electrons. The van der Waals surface area contributed by atoms with Crippen LogP contribution in [0.25, 0.3) is 11.3 Å². The molecule has 3 aromatic rings. The number of carbonyl (C=O) groups is 1. The molecule has 4 rings (SSSR count). The highest BCUT2D eigenvalue weighted by molar-refractivity contribution is 6.30. The van der Waals surface area contributed by atoms with E-state index in [1.165, 1.54) is 6.07 Å². The standard InChI is InChI=1S/C25H27ClFN5O3/c26-17-1-4-21(16(13-17)15-27)30-18-2-6-23(33)20(14-18)22-5-3-19(24(28)31-22)25(34)29-7-8-32-9-11-35-12-10-32/h1-6,13-14,30,33H,7-12,15H2,(H2,28,31)(H,29,34). The van der Waals surface area contributed by atoms with Crippen molar-refractivity contribution in [2.75, 3.05) is 50.4 Å². The monoisotopic (exact) mass is 499 g/mol. The molecule has 0 saturated carbocycles. The molecule has 0 aliphatic carbocycles. The molecular weight excluding hydrogens is 473 g/mol. The lowest BCUT2D eigenvalue weighted by Crippen LogP contribution is -2.41. The number of nitrogens with two attached hydrogens (primary N) is 1. The SMILES string of the molecule is Nc1nc(-c2cc(Nc3ccc(Cl)cc3CF)ccc2O)ccc1C(=O)NCCN1CCOCC1. The smallest absolute Gasteiger partial charge is 0.255 e. The van der Waals surface area contributed by atoms with Gasteiger partial charge in [0.05, 0.1) is 24.5 Å². The van der Waals surface area contributed by atoms with Crippen molar-refractivity contribution in [1.29, 1.82) is 0 Å². The van der Waals surface area contributed by atoms with E-state index in [9.17, 15) is 14.3 Å². The summed E-state index contributed by atoms with van der Waals surface area (Å²) in [6.45, 7) is 3.63. The first-order valence-electron chi connectivity index (χ1n) is 11.2. The Bertz CT molecular complexity index is 1200. The predicted molar refractivity (Wildman–Crippen MR) is 135 cm³/mol. The molecule has 5 N–H and O–H groups in total. The topological polar surface area (TPSA) is 113 Å². The number of ether oxygens (including phenoxy) is 1. The predicted octanol–water partition coefficient (Wildman–Crippen LogP) is 3.96. The average molecular weight is 500 g/mol. The molecule has 8 nitrogen and oxygen atoms in total. The summed E-state index contributed by atoms with van der Waals surface area (Å²) in [6.07, 6.45) is 0. The van der Waals surface area contributed by atoms with Gasteiger partial charge >= 0.3 is 0 Å². The minimum atomic E-state index is -0.679. The molecular formula is C25H27ClFN5O3. The third-order valence-corrected chi connectivity index (χ3v) is 5.98. The number of rotatable bonds is 8.